The molecule has 0 spiro atoms. The zero-order valence-electron chi connectivity index (χ0n) is 15.5. The fourth-order valence-corrected chi connectivity index (χ4v) is 4.67. The Kier molecular flexibility index (Phi) is 7.16. The Morgan fingerprint density at radius 3 is 2.62 bits per heavy atom. The summed E-state index contributed by atoms with van der Waals surface area (Å²) in [6.07, 6.45) is 1.65. The van der Waals surface area contributed by atoms with Crippen molar-refractivity contribution in [2.45, 2.75) is 13.5 Å². The van der Waals surface area contributed by atoms with Gasteiger partial charge < -0.3 is 9.47 Å². The average molecular weight is 517 g/mol. The molecule has 0 atom stereocenters. The van der Waals surface area contributed by atoms with Crippen LogP contribution in [0.3, 0.4) is 0 Å². The molecule has 0 radical (unpaired) electrons. The van der Waals surface area contributed by atoms with Gasteiger partial charge in [0.1, 0.15) is 0 Å². The molecule has 152 valence electrons. The van der Waals surface area contributed by atoms with Gasteiger partial charge >= 0.3 is 0 Å². The van der Waals surface area contributed by atoms with E-state index in [0.717, 1.165) is 16.7 Å². The summed E-state index contributed by atoms with van der Waals surface area (Å²) in [5, 5.41) is 0.536. The van der Waals surface area contributed by atoms with E-state index >= 15 is 0 Å². The summed E-state index contributed by atoms with van der Waals surface area (Å²) in [7, 11) is 1.55. The smallest absolute Gasteiger partial charge is 0.293 e. The number of hydrogen-bond donors (Lipinski definition) is 0. The van der Waals surface area contributed by atoms with Crippen LogP contribution in [0.2, 0.25) is 10.0 Å². The molecule has 5 nitrogen and oxygen atoms in total. The minimum absolute atomic E-state index is 0.0779. The Morgan fingerprint density at radius 1 is 1.21 bits per heavy atom. The second-order valence-corrected chi connectivity index (χ2v) is 8.66. The Balaban J connectivity index is 1.88. The lowest BCUT2D eigenvalue weighted by atomic mass is 10.1. The molecule has 1 fully saturated rings. The highest BCUT2D eigenvalue weighted by Gasteiger charge is 2.35. The summed E-state index contributed by atoms with van der Waals surface area (Å²) >= 11 is 16.4. The molecule has 1 heterocycles. The first-order valence-corrected chi connectivity index (χ1v) is 10.9. The number of thioether (sulfide) groups is 1. The molecule has 1 aliphatic heterocycles. The first kappa shape index (κ1) is 22.0. The van der Waals surface area contributed by atoms with Gasteiger partial charge in [-0.3, -0.25) is 14.5 Å². The fourth-order valence-electron chi connectivity index (χ4n) is 2.74. The van der Waals surface area contributed by atoms with Crippen LogP contribution >= 0.6 is 50.9 Å². The Morgan fingerprint density at radius 2 is 1.97 bits per heavy atom. The first-order chi connectivity index (χ1) is 13.8. The Hall–Kier alpha value is -1.67. The molecule has 29 heavy (non-hydrogen) atoms. The first-order valence-electron chi connectivity index (χ1n) is 8.53. The summed E-state index contributed by atoms with van der Waals surface area (Å²) in [5.41, 5.74) is 1.35. The monoisotopic (exact) mass is 515 g/mol. The summed E-state index contributed by atoms with van der Waals surface area (Å²) in [6, 6.07) is 8.51. The fraction of sp³-hybridized carbons (Fsp3) is 0.200. The third kappa shape index (κ3) is 4.91. The van der Waals surface area contributed by atoms with E-state index < -0.39 is 0 Å². The molecular weight excluding hydrogens is 501 g/mol. The molecule has 2 aromatic rings. The molecular formula is C20H16BrCl2NO4S. The number of rotatable bonds is 6. The molecule has 0 aromatic heterocycles. The van der Waals surface area contributed by atoms with Crippen LogP contribution in [0, 0.1) is 0 Å². The van der Waals surface area contributed by atoms with Crippen molar-refractivity contribution >= 4 is 68.1 Å². The molecule has 1 saturated heterocycles. The Bertz CT molecular complexity index is 1010. The van der Waals surface area contributed by atoms with Gasteiger partial charge in [-0.2, -0.15) is 0 Å². The van der Waals surface area contributed by atoms with Crippen molar-refractivity contribution < 1.29 is 19.1 Å². The van der Waals surface area contributed by atoms with Crippen molar-refractivity contribution in [2.24, 2.45) is 0 Å². The number of methoxy groups -OCH3 is 1. The van der Waals surface area contributed by atoms with E-state index in [9.17, 15) is 9.59 Å². The van der Waals surface area contributed by atoms with E-state index in [1.54, 1.807) is 43.5 Å². The maximum Gasteiger partial charge on any atom is 0.293 e. The predicted molar refractivity (Wildman–Crippen MR) is 120 cm³/mol. The van der Waals surface area contributed by atoms with Crippen molar-refractivity contribution in [2.75, 3.05) is 13.7 Å². The molecule has 1 aliphatic rings. The lowest BCUT2D eigenvalue weighted by molar-refractivity contribution is -0.123. The highest BCUT2D eigenvalue weighted by Crippen LogP contribution is 2.39. The number of amides is 2. The Labute approximate surface area is 191 Å². The van der Waals surface area contributed by atoms with Crippen LogP contribution in [0.25, 0.3) is 6.08 Å². The van der Waals surface area contributed by atoms with Gasteiger partial charge in [-0.1, -0.05) is 29.3 Å². The largest absolute Gasteiger partial charge is 0.492 e. The number of carbonyl (C=O) groups is 2. The lowest BCUT2D eigenvalue weighted by Gasteiger charge is -2.14. The van der Waals surface area contributed by atoms with Crippen LogP contribution in [-0.2, 0) is 11.3 Å². The van der Waals surface area contributed by atoms with Crippen LogP contribution in [0.15, 0.2) is 39.7 Å². The van der Waals surface area contributed by atoms with Crippen LogP contribution in [0.1, 0.15) is 18.1 Å². The summed E-state index contributed by atoms with van der Waals surface area (Å²) < 4.78 is 11.6. The number of nitrogens with zero attached hydrogens (tertiary/aromatic N) is 1. The number of ether oxygens (including phenoxy) is 2. The normalized spacial score (nSPS) is 15.3. The number of hydrogen-bond acceptors (Lipinski definition) is 5. The number of carbonyl (C=O) groups excluding carboxylic acids is 2. The topological polar surface area (TPSA) is 55.8 Å². The van der Waals surface area contributed by atoms with Gasteiger partial charge in [-0.15, -0.1) is 0 Å². The van der Waals surface area contributed by atoms with Crippen molar-refractivity contribution in [3.05, 3.63) is 60.9 Å². The van der Waals surface area contributed by atoms with Crippen molar-refractivity contribution in [3.63, 3.8) is 0 Å². The highest BCUT2D eigenvalue weighted by atomic mass is 79.9. The van der Waals surface area contributed by atoms with E-state index in [0.29, 0.717) is 48.7 Å². The lowest BCUT2D eigenvalue weighted by Crippen LogP contribution is -2.27. The molecule has 3 rings (SSSR count). The minimum Gasteiger partial charge on any atom is -0.492 e. The highest BCUT2D eigenvalue weighted by molar-refractivity contribution is 9.10. The predicted octanol–water partition coefficient (Wildman–Crippen LogP) is 6.40. The van der Waals surface area contributed by atoms with E-state index in [1.165, 1.54) is 0 Å². The average Bonchev–Trinajstić information content (AvgIpc) is 2.91. The second-order valence-electron chi connectivity index (χ2n) is 5.97. The molecule has 9 heteroatoms. The maximum atomic E-state index is 12.8. The number of halogens is 3. The molecule has 0 unspecified atom stereocenters. The second kappa shape index (κ2) is 9.43. The van der Waals surface area contributed by atoms with E-state index in [-0.39, 0.29) is 17.7 Å². The minimum atomic E-state index is -0.379. The quantitative estimate of drug-likeness (QED) is 0.416. The van der Waals surface area contributed by atoms with Gasteiger partial charge in [0, 0.05) is 10.0 Å². The third-order valence-corrected chi connectivity index (χ3v) is 6.13. The van der Waals surface area contributed by atoms with Crippen molar-refractivity contribution in [1.82, 2.24) is 4.90 Å². The summed E-state index contributed by atoms with van der Waals surface area (Å²) in [5.74, 6) is 0.730. The van der Waals surface area contributed by atoms with Gasteiger partial charge in [-0.05, 0) is 76.1 Å². The van der Waals surface area contributed by atoms with Gasteiger partial charge in [0.05, 0.1) is 29.6 Å². The standard InChI is InChI=1S/C20H16BrCl2NO4S/c1-3-28-16-7-11(6-14(21)18(16)27-2)8-17-19(25)24(20(26)29-17)10-12-4-5-13(22)9-15(12)23/h4-9H,3,10H2,1-2H3/b17-8+. The van der Waals surface area contributed by atoms with Crippen molar-refractivity contribution in [1.29, 1.82) is 0 Å². The van der Waals surface area contributed by atoms with Gasteiger partial charge in [-0.25, -0.2) is 0 Å². The third-order valence-electron chi connectivity index (χ3n) is 4.05. The van der Waals surface area contributed by atoms with E-state index in [4.69, 9.17) is 32.7 Å². The van der Waals surface area contributed by atoms with Crippen LogP contribution in [0.5, 0.6) is 11.5 Å². The van der Waals surface area contributed by atoms with Gasteiger partial charge in [0.2, 0.25) is 0 Å². The SMILES string of the molecule is CCOc1cc(/C=C2/SC(=O)N(Cc3ccc(Cl)cc3Cl)C2=O)cc(Br)c1OC. The number of benzene rings is 2. The maximum absolute atomic E-state index is 12.8. The van der Waals surface area contributed by atoms with E-state index in [1.807, 2.05) is 6.92 Å². The molecule has 0 bridgehead atoms. The van der Waals surface area contributed by atoms with Crippen molar-refractivity contribution in [3.8, 4) is 11.5 Å². The van der Waals surface area contributed by atoms with Gasteiger partial charge in [0.15, 0.2) is 11.5 Å². The van der Waals surface area contributed by atoms with E-state index in [2.05, 4.69) is 15.9 Å². The van der Waals surface area contributed by atoms with Gasteiger partial charge in [0.25, 0.3) is 11.1 Å². The molecule has 2 amide bonds. The summed E-state index contributed by atoms with van der Waals surface area (Å²) in [4.78, 5) is 26.7. The van der Waals surface area contributed by atoms with Crippen LogP contribution in [-0.4, -0.2) is 29.8 Å². The zero-order chi connectivity index (χ0) is 21.1. The molecule has 2 aromatic carbocycles. The summed E-state index contributed by atoms with van der Waals surface area (Å²) in [6.45, 7) is 2.41. The zero-order valence-corrected chi connectivity index (χ0v) is 19.4. The number of imide groups is 1. The molecule has 0 N–H and O–H groups in total. The van der Waals surface area contributed by atoms with Crippen LogP contribution < -0.4 is 9.47 Å². The molecule has 0 aliphatic carbocycles. The molecule has 0 saturated carbocycles. The van der Waals surface area contributed by atoms with Crippen LogP contribution in [0.4, 0.5) is 4.79 Å².